The molecule has 14 heteroatoms. The van der Waals surface area contributed by atoms with Crippen molar-refractivity contribution in [2.24, 2.45) is 10.1 Å². The first kappa shape index (κ1) is 33.6. The molecule has 1 spiro atoms. The van der Waals surface area contributed by atoms with Gasteiger partial charge >= 0.3 is 10.5 Å². The molecule has 0 aromatic carbocycles. The second kappa shape index (κ2) is 12.8. The highest BCUT2D eigenvalue weighted by Crippen LogP contribution is 2.99. The maximum absolute atomic E-state index is 11.8. The van der Waals surface area contributed by atoms with Crippen molar-refractivity contribution in [3.8, 4) is 0 Å². The van der Waals surface area contributed by atoms with Gasteiger partial charge in [-0.1, -0.05) is 61.0 Å². The van der Waals surface area contributed by atoms with Gasteiger partial charge in [-0.2, -0.15) is 0 Å². The van der Waals surface area contributed by atoms with Crippen molar-refractivity contribution in [1.82, 2.24) is 9.80 Å². The topological polar surface area (TPSA) is 68.1 Å². The number of ether oxygens (including phenoxy) is 2. The minimum Gasteiger partial charge on any atom is -0.499 e. The Morgan fingerprint density at radius 1 is 1.13 bits per heavy atom. The lowest BCUT2D eigenvalue weighted by atomic mass is 9.92. The van der Waals surface area contributed by atoms with Crippen LogP contribution in [0.15, 0.2) is 105 Å². The van der Waals surface area contributed by atoms with Gasteiger partial charge in [0.25, 0.3) is 0 Å². The molecular weight excluding hydrogens is 631 g/mol. The molecule has 4 aliphatic heterocycles. The number of hydrogen-bond donors (Lipinski definition) is 0. The maximum Gasteiger partial charge on any atom is 0.435 e. The van der Waals surface area contributed by atoms with Crippen molar-refractivity contribution in [3.05, 3.63) is 95.3 Å². The van der Waals surface area contributed by atoms with Crippen LogP contribution in [0.5, 0.6) is 0 Å². The van der Waals surface area contributed by atoms with Gasteiger partial charge in [-0.15, -0.1) is 0 Å². The lowest BCUT2D eigenvalue weighted by Gasteiger charge is -2.45. The smallest absolute Gasteiger partial charge is 0.435 e. The zero-order valence-corrected chi connectivity index (χ0v) is 26.6. The quantitative estimate of drug-likeness (QED) is 0.275. The summed E-state index contributed by atoms with van der Waals surface area (Å²) >= 11 is 0. The van der Waals surface area contributed by atoms with Crippen LogP contribution in [0.2, 0.25) is 0 Å². The highest BCUT2D eigenvalue weighted by atomic mass is 32.5. The van der Waals surface area contributed by atoms with Crippen LogP contribution < -0.4 is 0 Å². The zero-order chi connectivity index (χ0) is 32.9. The summed E-state index contributed by atoms with van der Waals surface area (Å²) in [5, 5.41) is 4.60. The van der Waals surface area contributed by atoms with Gasteiger partial charge in [0.2, 0.25) is 0 Å². The third kappa shape index (κ3) is 9.38. The Hall–Kier alpha value is -3.78. The molecule has 8 nitrogen and oxygen atoms in total. The first-order chi connectivity index (χ1) is 21.7. The normalized spacial score (nSPS) is 28.5. The molecular formula is C32H39F5N4O4S. The predicted octanol–water partition coefficient (Wildman–Crippen LogP) is 8.16. The third-order valence-corrected chi connectivity index (χ3v) is 8.33. The van der Waals surface area contributed by atoms with Crippen molar-refractivity contribution in [2.75, 3.05) is 40.0 Å². The van der Waals surface area contributed by atoms with E-state index in [1.807, 2.05) is 13.1 Å². The number of fused-ring (bicyclic) bond motifs is 1. The fourth-order valence-electron chi connectivity index (χ4n) is 5.84. The Labute approximate surface area is 266 Å². The van der Waals surface area contributed by atoms with Crippen molar-refractivity contribution in [1.29, 1.82) is 0 Å². The first-order valence-corrected chi connectivity index (χ1v) is 17.0. The summed E-state index contributed by atoms with van der Waals surface area (Å²) < 4.78 is 73.5. The summed E-state index contributed by atoms with van der Waals surface area (Å²) in [4.78, 5) is 15.0. The summed E-state index contributed by atoms with van der Waals surface area (Å²) in [5.41, 5.74) is 3.04. The molecule has 252 valence electrons. The van der Waals surface area contributed by atoms with E-state index in [-0.39, 0.29) is 18.1 Å². The van der Waals surface area contributed by atoms with Gasteiger partial charge in [0.15, 0.2) is 11.4 Å². The van der Waals surface area contributed by atoms with E-state index in [1.165, 1.54) is 23.8 Å². The molecule has 0 aromatic rings. The van der Waals surface area contributed by atoms with Gasteiger partial charge < -0.3 is 28.3 Å². The Morgan fingerprint density at radius 2 is 1.98 bits per heavy atom. The van der Waals surface area contributed by atoms with Gasteiger partial charge in [0.1, 0.15) is 17.6 Å². The molecule has 46 heavy (non-hydrogen) atoms. The number of amidine groups is 1. The second-order valence-electron chi connectivity index (χ2n) is 11.7. The molecule has 0 bridgehead atoms. The largest absolute Gasteiger partial charge is 0.499 e. The van der Waals surface area contributed by atoms with E-state index in [1.54, 1.807) is 7.11 Å². The lowest BCUT2D eigenvalue weighted by Crippen LogP contribution is -2.56. The minimum absolute atomic E-state index is 0.0400. The third-order valence-electron chi connectivity index (χ3n) is 7.82. The molecule has 4 heterocycles. The molecule has 2 aliphatic carbocycles. The lowest BCUT2D eigenvalue weighted by molar-refractivity contribution is -0.146. The molecule has 2 atom stereocenters. The van der Waals surface area contributed by atoms with E-state index in [9.17, 15) is 19.4 Å². The van der Waals surface area contributed by atoms with E-state index in [2.05, 4.69) is 60.7 Å². The number of rotatable bonds is 5. The van der Waals surface area contributed by atoms with E-state index in [0.717, 1.165) is 86.9 Å². The van der Waals surface area contributed by atoms with Crippen molar-refractivity contribution in [3.63, 3.8) is 0 Å². The fraction of sp³-hybridized carbons (Fsp3) is 0.438. The summed E-state index contributed by atoms with van der Waals surface area (Å²) in [7, 11) is -8.07. The summed E-state index contributed by atoms with van der Waals surface area (Å²) in [6, 6.07) is 0.0400. The molecule has 0 aromatic heterocycles. The Balaban J connectivity index is 0.000000251. The highest BCUT2D eigenvalue weighted by Gasteiger charge is 2.67. The number of aliphatic imine (C=N–C) groups is 1. The predicted molar refractivity (Wildman–Crippen MR) is 170 cm³/mol. The van der Waals surface area contributed by atoms with Crippen molar-refractivity contribution >= 4 is 22.6 Å². The maximum atomic E-state index is 11.8. The number of hydrogen-bond acceptors (Lipinski definition) is 8. The average Bonchev–Trinajstić information content (AvgIpc) is 3.37. The van der Waals surface area contributed by atoms with E-state index in [4.69, 9.17) is 14.3 Å². The Bertz CT molecular complexity index is 1490. The zero-order valence-electron chi connectivity index (χ0n) is 25.8. The molecule has 2 unspecified atom stereocenters. The van der Waals surface area contributed by atoms with Crippen LogP contribution in [0.25, 0.3) is 0 Å². The fourth-order valence-corrected chi connectivity index (χ4v) is 6.33. The van der Waals surface area contributed by atoms with Crippen LogP contribution in [-0.4, -0.2) is 73.5 Å². The molecule has 6 aliphatic rings. The molecule has 2 saturated heterocycles. The number of halogens is 5. The van der Waals surface area contributed by atoms with Crippen molar-refractivity contribution < 1.29 is 37.9 Å². The molecule has 0 saturated carbocycles. The van der Waals surface area contributed by atoms with Crippen LogP contribution in [-0.2, 0) is 18.5 Å². The van der Waals surface area contributed by atoms with Crippen molar-refractivity contribution in [2.45, 2.75) is 50.7 Å². The molecule has 2 fully saturated rings. The monoisotopic (exact) mass is 670 g/mol. The number of allylic oxidation sites excluding steroid dienone is 11. The second-order valence-corrected chi connectivity index (χ2v) is 13.6. The first-order valence-electron chi connectivity index (χ1n) is 15.1. The molecule has 0 radical (unpaired) electrons. The summed E-state index contributed by atoms with van der Waals surface area (Å²) in [6.45, 7) is 6.10. The van der Waals surface area contributed by atoms with Crippen LogP contribution in [0.3, 0.4) is 0 Å². The molecule has 0 amide bonds. The summed E-state index contributed by atoms with van der Waals surface area (Å²) in [6.07, 6.45) is 25.0. The Morgan fingerprint density at radius 3 is 2.72 bits per heavy atom. The van der Waals surface area contributed by atoms with Gasteiger partial charge in [0.05, 0.1) is 32.5 Å². The van der Waals surface area contributed by atoms with E-state index >= 15 is 0 Å². The SMILES string of the molecule is COC1=CC(/C=C2\CCCN3CC4(CCCOC4)ON=C23)=CC=CC1N1C=C(C)N=CC1.FS(F)(F)(F)(F)OC1=CCC=CC=C1. The van der Waals surface area contributed by atoms with Crippen LogP contribution in [0.1, 0.15) is 39.0 Å². The van der Waals surface area contributed by atoms with Gasteiger partial charge in [-0.05, 0) is 74.5 Å². The van der Waals surface area contributed by atoms with E-state index < -0.39 is 16.3 Å². The van der Waals surface area contributed by atoms with E-state index in [0.29, 0.717) is 6.61 Å². The number of oxime groups is 1. The number of piperidine rings is 1. The minimum atomic E-state index is -9.81. The number of nitrogens with zero attached hydrogens (tertiary/aromatic N) is 4. The number of methoxy groups -OCH3 is 1. The van der Waals surface area contributed by atoms with Crippen LogP contribution in [0, 0.1) is 0 Å². The Kier molecular flexibility index (Phi) is 9.33. The van der Waals surface area contributed by atoms with Gasteiger partial charge in [-0.3, -0.25) is 4.99 Å². The van der Waals surface area contributed by atoms with Gasteiger partial charge in [0, 0.05) is 25.6 Å². The van der Waals surface area contributed by atoms with Crippen LogP contribution >= 0.6 is 10.5 Å². The summed E-state index contributed by atoms with van der Waals surface area (Å²) in [5.74, 6) is 1.000. The molecule has 0 N–H and O–H groups in total. The average molecular weight is 671 g/mol. The van der Waals surface area contributed by atoms with Gasteiger partial charge in [-0.25, -0.2) is 0 Å². The van der Waals surface area contributed by atoms with Crippen LogP contribution in [0.4, 0.5) is 19.4 Å². The standard InChI is InChI=1S/C25H32N4O3.C7H7F5OS/c1-19-16-28(12-10-26-19)22-8-3-6-20(15-23(22)30-2)14-21-7-4-11-29-17-25(32-27-24(21)29)9-5-13-31-18-25;8-14(9,10,11,12)13-7-5-3-1-2-4-6-7/h3,6,8,10,14-16,22H,4-5,7,9,11-13,17-18H2,1-2H3;1-3,5-6H,4H2/b21-14+;. The highest BCUT2D eigenvalue weighted by molar-refractivity contribution is 8.42. The molecule has 6 rings (SSSR count).